The highest BCUT2D eigenvalue weighted by atomic mass is 19.1. The summed E-state index contributed by atoms with van der Waals surface area (Å²) in [6.07, 6.45) is 0. The summed E-state index contributed by atoms with van der Waals surface area (Å²) in [5, 5.41) is 6.14. The van der Waals surface area contributed by atoms with Gasteiger partial charge in [0.2, 0.25) is 0 Å². The second kappa shape index (κ2) is 5.88. The molecule has 0 saturated heterocycles. The number of nitrogens with zero attached hydrogens (tertiary/aromatic N) is 1. The fourth-order valence-electron chi connectivity index (χ4n) is 2.12. The number of aryl methyl sites for hydroxylation is 1. The average molecular weight is 313 g/mol. The molecular formula is C16H12FN3O3. The van der Waals surface area contributed by atoms with Crippen LogP contribution in [-0.2, 0) is 0 Å². The lowest BCUT2D eigenvalue weighted by Gasteiger charge is -2.08. The van der Waals surface area contributed by atoms with Crippen molar-refractivity contribution in [1.82, 2.24) is 10.1 Å². The highest BCUT2D eigenvalue weighted by molar-refractivity contribution is 6.05. The van der Waals surface area contributed by atoms with E-state index in [1.165, 1.54) is 12.1 Å². The molecule has 0 aliphatic carbocycles. The van der Waals surface area contributed by atoms with Crippen LogP contribution in [0.5, 0.6) is 0 Å². The van der Waals surface area contributed by atoms with Crippen LogP contribution in [0.2, 0.25) is 0 Å². The topological polar surface area (TPSA) is 88.0 Å². The molecule has 0 bridgehead atoms. The Labute approximate surface area is 129 Å². The van der Waals surface area contributed by atoms with Crippen molar-refractivity contribution in [2.75, 3.05) is 5.32 Å². The van der Waals surface area contributed by atoms with Gasteiger partial charge in [0.25, 0.3) is 5.91 Å². The third kappa shape index (κ3) is 3.18. The Kier molecular flexibility index (Phi) is 3.76. The van der Waals surface area contributed by atoms with Crippen molar-refractivity contribution in [2.24, 2.45) is 0 Å². The van der Waals surface area contributed by atoms with Gasteiger partial charge in [-0.1, -0.05) is 17.3 Å². The van der Waals surface area contributed by atoms with E-state index in [2.05, 4.69) is 20.0 Å². The summed E-state index contributed by atoms with van der Waals surface area (Å²) in [5.41, 5.74) is 1.74. The molecule has 0 aliphatic rings. The molecule has 0 radical (unpaired) electrons. The number of aromatic nitrogens is 2. The maximum Gasteiger partial charge on any atom is 0.439 e. The Hall–Kier alpha value is -3.22. The van der Waals surface area contributed by atoms with Crippen LogP contribution >= 0.6 is 0 Å². The number of rotatable bonds is 3. The van der Waals surface area contributed by atoms with Gasteiger partial charge in [-0.25, -0.2) is 9.18 Å². The van der Waals surface area contributed by atoms with Crippen LogP contribution in [0.3, 0.4) is 0 Å². The van der Waals surface area contributed by atoms with Crippen molar-refractivity contribution in [1.29, 1.82) is 0 Å². The minimum absolute atomic E-state index is 0.125. The number of nitrogens with one attached hydrogen (secondary N) is 2. The SMILES string of the molecule is Cc1cccc(NC(=O)c2cc(-c3noc(=O)[nH]3)ccc2F)c1. The molecular weight excluding hydrogens is 301 g/mol. The van der Waals surface area contributed by atoms with E-state index in [0.717, 1.165) is 11.6 Å². The first-order valence-corrected chi connectivity index (χ1v) is 6.77. The normalized spacial score (nSPS) is 10.5. The molecule has 23 heavy (non-hydrogen) atoms. The molecule has 0 saturated carbocycles. The van der Waals surface area contributed by atoms with Crippen molar-refractivity contribution in [3.63, 3.8) is 0 Å². The highest BCUT2D eigenvalue weighted by Gasteiger charge is 2.15. The predicted octanol–water partition coefficient (Wildman–Crippen LogP) is 2.73. The van der Waals surface area contributed by atoms with E-state index in [1.54, 1.807) is 18.2 Å². The maximum atomic E-state index is 13.9. The minimum Gasteiger partial charge on any atom is -0.322 e. The molecule has 1 heterocycles. The molecule has 0 fully saturated rings. The molecule has 3 rings (SSSR count). The molecule has 0 aliphatic heterocycles. The molecule has 2 N–H and O–H groups in total. The van der Waals surface area contributed by atoms with Crippen LogP contribution in [0.25, 0.3) is 11.4 Å². The Morgan fingerprint density at radius 1 is 1.26 bits per heavy atom. The van der Waals surface area contributed by atoms with Crippen LogP contribution in [0.4, 0.5) is 10.1 Å². The molecule has 2 aromatic carbocycles. The van der Waals surface area contributed by atoms with Crippen LogP contribution in [-0.4, -0.2) is 16.0 Å². The number of carbonyl (C=O) groups is 1. The fraction of sp³-hybridized carbons (Fsp3) is 0.0625. The first-order valence-electron chi connectivity index (χ1n) is 6.77. The zero-order valence-electron chi connectivity index (χ0n) is 12.1. The van der Waals surface area contributed by atoms with Gasteiger partial charge in [0.1, 0.15) is 5.82 Å². The monoisotopic (exact) mass is 313 g/mol. The van der Waals surface area contributed by atoms with Crippen molar-refractivity contribution in [3.8, 4) is 11.4 Å². The smallest absolute Gasteiger partial charge is 0.322 e. The number of H-pyrrole nitrogens is 1. The molecule has 0 unspecified atom stereocenters. The zero-order chi connectivity index (χ0) is 16.4. The molecule has 7 heteroatoms. The van der Waals surface area contributed by atoms with Gasteiger partial charge in [-0.15, -0.1) is 0 Å². The predicted molar refractivity (Wildman–Crippen MR) is 81.6 cm³/mol. The summed E-state index contributed by atoms with van der Waals surface area (Å²) in [6, 6.07) is 11.0. The van der Waals surface area contributed by atoms with E-state index in [9.17, 15) is 14.0 Å². The second-order valence-corrected chi connectivity index (χ2v) is 4.96. The summed E-state index contributed by atoms with van der Waals surface area (Å²) in [4.78, 5) is 25.6. The van der Waals surface area contributed by atoms with E-state index in [0.29, 0.717) is 11.3 Å². The Bertz CT molecular complexity index is 930. The second-order valence-electron chi connectivity index (χ2n) is 4.96. The average Bonchev–Trinajstić information content (AvgIpc) is 2.94. The van der Waals surface area contributed by atoms with Gasteiger partial charge in [0.15, 0.2) is 5.82 Å². The fourth-order valence-corrected chi connectivity index (χ4v) is 2.12. The molecule has 1 aromatic heterocycles. The molecule has 116 valence electrons. The highest BCUT2D eigenvalue weighted by Crippen LogP contribution is 2.19. The van der Waals surface area contributed by atoms with Crippen molar-refractivity contribution >= 4 is 11.6 Å². The van der Waals surface area contributed by atoms with E-state index in [-0.39, 0.29) is 11.4 Å². The number of carbonyl (C=O) groups excluding carboxylic acids is 1. The quantitative estimate of drug-likeness (QED) is 0.778. The molecule has 1 amide bonds. The summed E-state index contributed by atoms with van der Waals surface area (Å²) >= 11 is 0. The number of aromatic amines is 1. The van der Waals surface area contributed by atoms with Gasteiger partial charge < -0.3 is 5.32 Å². The number of anilines is 1. The lowest BCUT2D eigenvalue weighted by atomic mass is 10.1. The Balaban J connectivity index is 1.92. The minimum atomic E-state index is -0.727. The van der Waals surface area contributed by atoms with Gasteiger partial charge in [0.05, 0.1) is 5.56 Å². The van der Waals surface area contributed by atoms with Crippen LogP contribution < -0.4 is 11.1 Å². The van der Waals surface area contributed by atoms with Gasteiger partial charge in [-0.2, -0.15) is 0 Å². The number of hydrogen-bond donors (Lipinski definition) is 2. The lowest BCUT2D eigenvalue weighted by Crippen LogP contribution is -2.14. The van der Waals surface area contributed by atoms with Crippen molar-refractivity contribution in [2.45, 2.75) is 6.92 Å². The van der Waals surface area contributed by atoms with Crippen LogP contribution in [0.1, 0.15) is 15.9 Å². The Morgan fingerprint density at radius 2 is 2.09 bits per heavy atom. The number of hydrogen-bond acceptors (Lipinski definition) is 4. The van der Waals surface area contributed by atoms with E-state index in [4.69, 9.17) is 0 Å². The Morgan fingerprint density at radius 3 is 2.78 bits per heavy atom. The van der Waals surface area contributed by atoms with Gasteiger partial charge in [0, 0.05) is 11.3 Å². The largest absolute Gasteiger partial charge is 0.439 e. The number of benzene rings is 2. The molecule has 0 atom stereocenters. The van der Waals surface area contributed by atoms with Gasteiger partial charge in [-0.3, -0.25) is 14.3 Å². The van der Waals surface area contributed by atoms with Gasteiger partial charge >= 0.3 is 5.76 Å². The first kappa shape index (κ1) is 14.7. The number of halogens is 1. The lowest BCUT2D eigenvalue weighted by molar-refractivity contribution is 0.102. The maximum absolute atomic E-state index is 13.9. The van der Waals surface area contributed by atoms with Gasteiger partial charge in [-0.05, 0) is 42.8 Å². The summed E-state index contributed by atoms with van der Waals surface area (Å²) in [5.74, 6) is -1.87. The van der Waals surface area contributed by atoms with Crippen LogP contribution in [0, 0.1) is 12.7 Å². The zero-order valence-corrected chi connectivity index (χ0v) is 12.1. The third-order valence-electron chi connectivity index (χ3n) is 3.20. The molecule has 0 spiro atoms. The molecule has 6 nitrogen and oxygen atoms in total. The van der Waals surface area contributed by atoms with E-state index >= 15 is 0 Å². The van der Waals surface area contributed by atoms with Crippen LogP contribution in [0.15, 0.2) is 51.8 Å². The standard InChI is InChI=1S/C16H12FN3O3/c1-9-3-2-4-11(7-9)18-15(21)12-8-10(5-6-13(12)17)14-19-16(22)23-20-14/h2-8H,1H3,(H,18,21)(H,19,20,22). The van der Waals surface area contributed by atoms with E-state index < -0.39 is 17.5 Å². The third-order valence-corrected chi connectivity index (χ3v) is 3.20. The van der Waals surface area contributed by atoms with Crippen molar-refractivity contribution < 1.29 is 13.7 Å². The number of amides is 1. The summed E-state index contributed by atoms with van der Waals surface area (Å²) in [7, 11) is 0. The van der Waals surface area contributed by atoms with E-state index in [1.807, 2.05) is 13.0 Å². The van der Waals surface area contributed by atoms with Crippen molar-refractivity contribution in [3.05, 3.63) is 70.0 Å². The summed E-state index contributed by atoms with van der Waals surface area (Å²) in [6.45, 7) is 1.89. The summed E-state index contributed by atoms with van der Waals surface area (Å²) < 4.78 is 18.3. The first-order chi connectivity index (χ1) is 11.0. The molecule has 3 aromatic rings.